The molecular weight excluding hydrogens is 747 g/mol. The average molecular weight is 810 g/mol. The number of fused-ring (bicyclic) bond motifs is 6. The molecule has 1 saturated heterocycles. The highest BCUT2D eigenvalue weighted by Crippen LogP contribution is 2.68. The number of carbonyl (C=O) groups excluding carboxylic acids is 4. The second-order valence-corrected chi connectivity index (χ2v) is 19.5. The summed E-state index contributed by atoms with van der Waals surface area (Å²) < 4.78 is 10.5. The maximum atomic E-state index is 13.7. The fourth-order valence-corrected chi connectivity index (χ4v) is 13.6. The van der Waals surface area contributed by atoms with Crippen LogP contribution in [0, 0.1) is 64.6 Å². The first-order chi connectivity index (χ1) is 27.2. The van der Waals surface area contributed by atoms with E-state index in [-0.39, 0.29) is 104 Å². The van der Waals surface area contributed by atoms with Gasteiger partial charge in [-0.05, 0) is 128 Å². The second kappa shape index (κ2) is 18.5. The highest BCUT2D eigenvalue weighted by atomic mass is 32.2. The molecule has 6 rings (SSSR count). The summed E-state index contributed by atoms with van der Waals surface area (Å²) in [6.45, 7) is 9.36. The summed E-state index contributed by atoms with van der Waals surface area (Å²) in [6.07, 6.45) is 14.2. The fourth-order valence-electron chi connectivity index (χ4n) is 12.3. The van der Waals surface area contributed by atoms with Crippen LogP contribution in [0.4, 0.5) is 0 Å². The van der Waals surface area contributed by atoms with Crippen molar-refractivity contribution in [1.29, 1.82) is 0 Å². The summed E-state index contributed by atoms with van der Waals surface area (Å²) in [4.78, 5) is 57.3. The Labute approximate surface area is 341 Å². The predicted molar refractivity (Wildman–Crippen MR) is 216 cm³/mol. The Hall–Kier alpha value is -3.08. The van der Waals surface area contributed by atoms with Crippen molar-refractivity contribution in [3.05, 3.63) is 21.7 Å². The van der Waals surface area contributed by atoms with Crippen LogP contribution in [0.2, 0.25) is 0 Å². The molecule has 13 unspecified atom stereocenters. The molecule has 0 bridgehead atoms. The number of allylic oxidation sites excluding steroid dienone is 1. The largest absolute Gasteiger partial charge is 0.463 e. The molecule has 0 aromatic rings. The number of nitrogens with one attached hydrogen (secondary N) is 1. The van der Waals surface area contributed by atoms with Crippen LogP contribution in [-0.2, 0) is 28.7 Å². The summed E-state index contributed by atoms with van der Waals surface area (Å²) in [5.74, 6) is 4.00. The molecule has 57 heavy (non-hydrogen) atoms. The van der Waals surface area contributed by atoms with E-state index in [1.54, 1.807) is 0 Å². The minimum absolute atomic E-state index is 0.0150. The zero-order chi connectivity index (χ0) is 41.1. The highest BCUT2D eigenvalue weighted by Gasteiger charge is 2.64. The van der Waals surface area contributed by atoms with E-state index in [1.807, 2.05) is 6.92 Å². The molecule has 314 valence electrons. The van der Waals surface area contributed by atoms with Crippen molar-refractivity contribution in [2.45, 2.75) is 135 Å². The van der Waals surface area contributed by atoms with Gasteiger partial charge in [-0.2, -0.15) is 0 Å². The topological polar surface area (TPSA) is 191 Å². The van der Waals surface area contributed by atoms with E-state index in [2.05, 4.69) is 42.0 Å². The average Bonchev–Trinajstić information content (AvgIpc) is 3.54. The third kappa shape index (κ3) is 8.79. The number of ketones is 1. The molecule has 0 aromatic heterocycles. The van der Waals surface area contributed by atoms with E-state index in [4.69, 9.17) is 21.4 Å². The highest BCUT2D eigenvalue weighted by molar-refractivity contribution is 8.00. The van der Waals surface area contributed by atoms with Gasteiger partial charge in [-0.1, -0.05) is 25.9 Å². The smallest absolute Gasteiger partial charge is 0.306 e. The molecule has 13 nitrogen and oxygen atoms in total. The third-order valence-corrected chi connectivity index (χ3v) is 16.7. The lowest BCUT2D eigenvalue weighted by Gasteiger charge is -2.62. The first kappa shape index (κ1) is 43.5. The van der Waals surface area contributed by atoms with Gasteiger partial charge in [0, 0.05) is 42.9 Å². The molecule has 0 aromatic carbocycles. The number of aliphatic hydroxyl groups excluding tert-OH is 2. The Bertz CT molecular complexity index is 1660. The zero-order valence-electron chi connectivity index (χ0n) is 34.2. The minimum Gasteiger partial charge on any atom is -0.463 e. The molecule has 14 heteroatoms. The number of hydrogen-bond acceptors (Lipinski definition) is 10. The van der Waals surface area contributed by atoms with Gasteiger partial charge in [0.05, 0.1) is 31.1 Å². The van der Waals surface area contributed by atoms with E-state index in [9.17, 15) is 29.4 Å². The Kier molecular flexibility index (Phi) is 14.1. The molecule has 3 N–H and O–H groups in total. The lowest BCUT2D eigenvalue weighted by atomic mass is 9.43. The van der Waals surface area contributed by atoms with Crippen LogP contribution in [0.25, 0.3) is 10.4 Å². The Balaban J connectivity index is 0.984. The van der Waals surface area contributed by atoms with Gasteiger partial charge in [-0.25, -0.2) is 0 Å². The molecule has 0 spiro atoms. The number of amides is 2. The zero-order valence-corrected chi connectivity index (χ0v) is 35.0. The monoisotopic (exact) mass is 809 g/mol. The Morgan fingerprint density at radius 1 is 1.11 bits per heavy atom. The van der Waals surface area contributed by atoms with Crippen LogP contribution >= 0.6 is 11.8 Å². The molecule has 4 saturated carbocycles. The number of β-lactam (4-membered cyclic amide) rings is 1. The minimum atomic E-state index is -0.720. The molecule has 2 aliphatic heterocycles. The van der Waals surface area contributed by atoms with Crippen molar-refractivity contribution in [3.8, 4) is 12.3 Å². The van der Waals surface area contributed by atoms with E-state index < -0.39 is 17.9 Å². The number of terminal acetylenes is 1. The van der Waals surface area contributed by atoms with Crippen LogP contribution in [-0.4, -0.2) is 94.4 Å². The van der Waals surface area contributed by atoms with Crippen LogP contribution in [0.5, 0.6) is 0 Å². The number of thioether (sulfide) groups is 1. The molecule has 13 atom stereocenters. The first-order valence-corrected chi connectivity index (χ1v) is 22.3. The standard InChI is InChI=1S/C43H63N5O8S/c1-6-7-27(21-37(53)56-19-18-55-17-16-45-47-44)20-34(50)39-26(3)24-57-41-38(40(54)48(39)41)46-36(52)13-8-25(2)31-11-12-32-30-10-9-28-22-29(49)14-15-42(28,4)33(30)23-35(51)43(31,32)5/h1,25,27-33,35,38,41,49,51H,7-24H2,2-5H3,(H,46,52). The molecule has 5 fully saturated rings. The van der Waals surface area contributed by atoms with Crippen molar-refractivity contribution in [2.24, 2.45) is 57.4 Å². The molecule has 0 radical (unpaired) electrons. The van der Waals surface area contributed by atoms with E-state index in [0.717, 1.165) is 44.1 Å². The van der Waals surface area contributed by atoms with E-state index in [1.165, 1.54) is 29.5 Å². The van der Waals surface area contributed by atoms with Crippen molar-refractivity contribution < 1.29 is 38.9 Å². The maximum absolute atomic E-state index is 13.7. The lowest BCUT2D eigenvalue weighted by Crippen LogP contribution is -2.70. The molecule has 2 amide bonds. The van der Waals surface area contributed by atoms with Crippen LogP contribution < -0.4 is 5.32 Å². The van der Waals surface area contributed by atoms with Gasteiger partial charge < -0.3 is 25.0 Å². The summed E-state index contributed by atoms with van der Waals surface area (Å²) in [7, 11) is 0. The van der Waals surface area contributed by atoms with Gasteiger partial charge in [-0.3, -0.25) is 24.1 Å². The lowest BCUT2D eigenvalue weighted by molar-refractivity contribution is -0.175. The number of azide groups is 1. The van der Waals surface area contributed by atoms with Gasteiger partial charge in [0.1, 0.15) is 18.0 Å². The predicted octanol–water partition coefficient (Wildman–Crippen LogP) is 5.93. The summed E-state index contributed by atoms with van der Waals surface area (Å²) in [5.41, 5.74) is 9.41. The third-order valence-electron chi connectivity index (χ3n) is 15.3. The van der Waals surface area contributed by atoms with Crippen LogP contribution in [0.3, 0.4) is 0 Å². The summed E-state index contributed by atoms with van der Waals surface area (Å²) in [6, 6.07) is -0.720. The van der Waals surface area contributed by atoms with E-state index in [0.29, 0.717) is 47.5 Å². The number of rotatable bonds is 17. The first-order valence-electron chi connectivity index (χ1n) is 21.2. The molecular formula is C43H63N5O8S. The number of ether oxygens (including phenoxy) is 2. The van der Waals surface area contributed by atoms with Crippen molar-refractivity contribution in [1.82, 2.24) is 10.2 Å². The fraction of sp³-hybridized carbons (Fsp3) is 0.814. The number of carbonyl (C=O) groups is 4. The van der Waals surface area contributed by atoms with Crippen molar-refractivity contribution >= 4 is 35.3 Å². The number of esters is 1. The van der Waals surface area contributed by atoms with Crippen molar-refractivity contribution in [3.63, 3.8) is 0 Å². The van der Waals surface area contributed by atoms with Gasteiger partial charge in [0.15, 0.2) is 5.78 Å². The number of hydrogen-bond donors (Lipinski definition) is 3. The van der Waals surface area contributed by atoms with E-state index >= 15 is 0 Å². The van der Waals surface area contributed by atoms with Gasteiger partial charge in [-0.15, -0.1) is 24.1 Å². The second-order valence-electron chi connectivity index (χ2n) is 18.4. The summed E-state index contributed by atoms with van der Waals surface area (Å²) >= 11 is 1.52. The molecule has 4 aliphatic carbocycles. The molecule has 2 heterocycles. The van der Waals surface area contributed by atoms with Crippen LogP contribution in [0.15, 0.2) is 16.4 Å². The van der Waals surface area contributed by atoms with Gasteiger partial charge >= 0.3 is 5.97 Å². The Morgan fingerprint density at radius 3 is 2.65 bits per heavy atom. The van der Waals surface area contributed by atoms with Gasteiger partial charge in [0.25, 0.3) is 5.91 Å². The number of aliphatic hydroxyl groups is 2. The van der Waals surface area contributed by atoms with Crippen molar-refractivity contribution in [2.75, 3.05) is 32.1 Å². The SMILES string of the molecule is C#CCC(CC(=O)OCCOCCN=[N+]=[N-])CC(=O)C1=C(C)CSC2C(NC(=O)CCC(C)C3CCC4C5CCC6CC(O)CCC6(C)C5CC(O)C34C)C(=O)N12. The molecule has 6 aliphatic rings. The Morgan fingerprint density at radius 2 is 1.89 bits per heavy atom. The quantitative estimate of drug-likeness (QED) is 0.0304. The normalized spacial score (nSPS) is 36.5. The number of nitrogens with zero attached hydrogens (tertiary/aromatic N) is 4. The van der Waals surface area contributed by atoms with Gasteiger partial charge in [0.2, 0.25) is 5.91 Å². The summed E-state index contributed by atoms with van der Waals surface area (Å²) in [5, 5.41) is 28.3. The maximum Gasteiger partial charge on any atom is 0.306 e. The number of Topliss-reactive ketones (excluding diaryl/α,β-unsaturated/α-hetero) is 1. The van der Waals surface area contributed by atoms with Crippen LogP contribution in [0.1, 0.15) is 111 Å².